The molecule has 8 heteroatoms. The molecule has 38 heavy (non-hydrogen) atoms. The largest absolute Gasteiger partial charge is 0.444 e. The normalized spacial score (nSPS) is 19.1. The average Bonchev–Trinajstić information content (AvgIpc) is 2.99. The average molecular weight is 519 g/mol. The molecule has 1 aliphatic carbocycles. The molecule has 3 amide bonds. The molecule has 0 radical (unpaired) electrons. The van der Waals surface area contributed by atoms with Crippen LogP contribution in [0.4, 0.5) is 10.5 Å². The summed E-state index contributed by atoms with van der Waals surface area (Å²) in [7, 11) is 1.71. The van der Waals surface area contributed by atoms with Gasteiger partial charge in [0.25, 0.3) is 5.91 Å². The molecule has 0 saturated heterocycles. The minimum absolute atomic E-state index is 0.226. The molecule has 0 bridgehead atoms. The van der Waals surface area contributed by atoms with Gasteiger partial charge in [0, 0.05) is 24.9 Å². The number of amides is 3. The molecule has 0 unspecified atom stereocenters. The van der Waals surface area contributed by atoms with E-state index in [9.17, 15) is 14.4 Å². The third kappa shape index (κ3) is 6.79. The monoisotopic (exact) mass is 518 g/mol. The van der Waals surface area contributed by atoms with E-state index >= 15 is 0 Å². The number of hydrogen-bond donors (Lipinski definition) is 2. The molecule has 2 aromatic carbocycles. The lowest BCUT2D eigenvalue weighted by atomic mass is 9.83. The Morgan fingerprint density at radius 3 is 2.37 bits per heavy atom. The summed E-state index contributed by atoms with van der Waals surface area (Å²) in [6.45, 7) is 5.29. The Hall–Kier alpha value is -3.68. The van der Waals surface area contributed by atoms with Crippen molar-refractivity contribution >= 4 is 29.3 Å². The molecular formula is C30H38N4O4. The lowest BCUT2D eigenvalue weighted by Gasteiger charge is -2.25. The number of aliphatic imine (C=N–C) groups is 1. The summed E-state index contributed by atoms with van der Waals surface area (Å²) in [5.41, 5.74) is 2.73. The van der Waals surface area contributed by atoms with Crippen molar-refractivity contribution in [2.75, 3.05) is 11.9 Å². The van der Waals surface area contributed by atoms with Gasteiger partial charge in [-0.1, -0.05) is 67.8 Å². The Bertz CT molecular complexity index is 1180. The molecule has 2 aromatic rings. The van der Waals surface area contributed by atoms with Crippen molar-refractivity contribution in [1.29, 1.82) is 0 Å². The van der Waals surface area contributed by atoms with Gasteiger partial charge in [-0.3, -0.25) is 14.6 Å². The summed E-state index contributed by atoms with van der Waals surface area (Å²) < 4.78 is 5.41. The third-order valence-electron chi connectivity index (χ3n) is 6.93. The fourth-order valence-corrected chi connectivity index (χ4v) is 5.09. The number of likely N-dealkylation sites (N-methyl/N-ethyl adjacent to an activating group) is 1. The standard InChI is InChI=1S/C30H38N4O4/c1-30(2,3)38-29(37)31-23(19-20-13-7-5-8-14-20)27(35)33-26-28(36)34(4)24-18-12-11-17-22(24)25(32-26)21-15-9-6-10-16-21/h5,7-8,11-14,17-18,21,23,26H,6,9-10,15-16,19H2,1-4H3,(H,31,37)(H,33,35)/t23-,26+/m1/s1. The summed E-state index contributed by atoms with van der Waals surface area (Å²) in [6.07, 6.45) is 3.87. The molecule has 2 aliphatic rings. The van der Waals surface area contributed by atoms with Crippen molar-refractivity contribution in [1.82, 2.24) is 10.6 Å². The molecule has 202 valence electrons. The summed E-state index contributed by atoms with van der Waals surface area (Å²) in [6, 6.07) is 16.2. The zero-order valence-electron chi connectivity index (χ0n) is 22.7. The first-order valence-electron chi connectivity index (χ1n) is 13.4. The number of anilines is 1. The zero-order valence-corrected chi connectivity index (χ0v) is 22.7. The molecule has 0 spiro atoms. The van der Waals surface area contributed by atoms with E-state index in [0.29, 0.717) is 0 Å². The molecule has 0 aromatic heterocycles. The van der Waals surface area contributed by atoms with Crippen molar-refractivity contribution in [2.45, 2.75) is 77.1 Å². The quantitative estimate of drug-likeness (QED) is 0.583. The summed E-state index contributed by atoms with van der Waals surface area (Å²) in [4.78, 5) is 46.2. The predicted octanol–water partition coefficient (Wildman–Crippen LogP) is 4.61. The van der Waals surface area contributed by atoms with Gasteiger partial charge in [-0.05, 0) is 45.2 Å². The van der Waals surface area contributed by atoms with Gasteiger partial charge in [0.1, 0.15) is 11.6 Å². The van der Waals surface area contributed by atoms with E-state index < -0.39 is 29.8 Å². The van der Waals surface area contributed by atoms with Crippen LogP contribution < -0.4 is 15.5 Å². The van der Waals surface area contributed by atoms with Crippen LogP contribution in [0.25, 0.3) is 0 Å². The molecule has 1 heterocycles. The maximum absolute atomic E-state index is 13.6. The minimum atomic E-state index is -1.10. The highest BCUT2D eigenvalue weighted by molar-refractivity contribution is 6.14. The molecule has 1 aliphatic heterocycles. The number of rotatable bonds is 6. The maximum Gasteiger partial charge on any atom is 0.408 e. The van der Waals surface area contributed by atoms with Crippen LogP contribution in [0.3, 0.4) is 0 Å². The zero-order chi connectivity index (χ0) is 27.3. The SMILES string of the molecule is CN1C(=O)[C@H](NC(=O)[C@@H](Cc2ccccc2)NC(=O)OC(C)(C)C)N=C(C2CCCCC2)c2ccccc21. The van der Waals surface area contributed by atoms with Gasteiger partial charge < -0.3 is 20.3 Å². The van der Waals surface area contributed by atoms with Crippen LogP contribution in [0.1, 0.15) is 64.0 Å². The second kappa shape index (κ2) is 11.8. The van der Waals surface area contributed by atoms with Crippen LogP contribution in [-0.4, -0.2) is 48.5 Å². The number of para-hydroxylation sites is 1. The molecule has 2 atom stereocenters. The van der Waals surface area contributed by atoms with E-state index in [-0.39, 0.29) is 18.2 Å². The van der Waals surface area contributed by atoms with Crippen LogP contribution in [0, 0.1) is 5.92 Å². The van der Waals surface area contributed by atoms with Crippen LogP contribution >= 0.6 is 0 Å². The second-order valence-electron chi connectivity index (χ2n) is 11.1. The first-order valence-corrected chi connectivity index (χ1v) is 13.4. The Morgan fingerprint density at radius 1 is 1.03 bits per heavy atom. The topological polar surface area (TPSA) is 100 Å². The van der Waals surface area contributed by atoms with Gasteiger partial charge in [-0.25, -0.2) is 4.79 Å². The number of carbonyl (C=O) groups excluding carboxylic acids is 3. The van der Waals surface area contributed by atoms with Crippen LogP contribution in [0.15, 0.2) is 59.6 Å². The van der Waals surface area contributed by atoms with Crippen molar-refractivity contribution in [3.63, 3.8) is 0 Å². The summed E-state index contributed by atoms with van der Waals surface area (Å²) in [5, 5.41) is 5.54. The highest BCUT2D eigenvalue weighted by atomic mass is 16.6. The fraction of sp³-hybridized carbons (Fsp3) is 0.467. The molecule has 1 fully saturated rings. The Balaban J connectivity index is 1.62. The molecule has 4 rings (SSSR count). The van der Waals surface area contributed by atoms with E-state index in [1.165, 1.54) is 6.42 Å². The van der Waals surface area contributed by atoms with E-state index in [0.717, 1.165) is 48.2 Å². The number of nitrogens with one attached hydrogen (secondary N) is 2. The van der Waals surface area contributed by atoms with Crippen LogP contribution in [0.5, 0.6) is 0 Å². The van der Waals surface area contributed by atoms with Crippen molar-refractivity contribution in [3.05, 3.63) is 65.7 Å². The van der Waals surface area contributed by atoms with Gasteiger partial charge in [0.2, 0.25) is 12.1 Å². The Labute approximate surface area is 224 Å². The van der Waals surface area contributed by atoms with Gasteiger partial charge in [0.05, 0.1) is 11.4 Å². The van der Waals surface area contributed by atoms with E-state index in [1.54, 1.807) is 32.7 Å². The number of benzene rings is 2. The number of alkyl carbamates (subject to hydrolysis) is 1. The summed E-state index contributed by atoms with van der Waals surface area (Å²) in [5.74, 6) is -0.597. The van der Waals surface area contributed by atoms with Crippen LogP contribution in [0.2, 0.25) is 0 Å². The number of nitrogens with zero attached hydrogens (tertiary/aromatic N) is 2. The Morgan fingerprint density at radius 2 is 1.68 bits per heavy atom. The van der Waals surface area contributed by atoms with Crippen molar-refractivity contribution < 1.29 is 19.1 Å². The first-order chi connectivity index (χ1) is 18.1. The highest BCUT2D eigenvalue weighted by Crippen LogP contribution is 2.33. The number of benzodiazepines with no additional fused rings is 1. The Kier molecular flexibility index (Phi) is 8.49. The van der Waals surface area contributed by atoms with Crippen molar-refractivity contribution in [3.8, 4) is 0 Å². The van der Waals surface area contributed by atoms with Crippen LogP contribution in [-0.2, 0) is 20.7 Å². The van der Waals surface area contributed by atoms with E-state index in [2.05, 4.69) is 10.6 Å². The van der Waals surface area contributed by atoms with Gasteiger partial charge in [0.15, 0.2) is 0 Å². The van der Waals surface area contributed by atoms with Crippen molar-refractivity contribution in [2.24, 2.45) is 10.9 Å². The highest BCUT2D eigenvalue weighted by Gasteiger charge is 2.35. The molecule has 8 nitrogen and oxygen atoms in total. The van der Waals surface area contributed by atoms with Gasteiger partial charge in [-0.2, -0.15) is 0 Å². The predicted molar refractivity (Wildman–Crippen MR) is 148 cm³/mol. The minimum Gasteiger partial charge on any atom is -0.444 e. The molecule has 1 saturated carbocycles. The number of fused-ring (bicyclic) bond motifs is 1. The first kappa shape index (κ1) is 27.4. The number of ether oxygens (including phenoxy) is 1. The fourth-order valence-electron chi connectivity index (χ4n) is 5.09. The van der Waals surface area contributed by atoms with E-state index in [1.807, 2.05) is 54.6 Å². The van der Waals surface area contributed by atoms with Gasteiger partial charge in [-0.15, -0.1) is 0 Å². The van der Waals surface area contributed by atoms with Gasteiger partial charge >= 0.3 is 6.09 Å². The lowest BCUT2D eigenvalue weighted by molar-refractivity contribution is -0.128. The lowest BCUT2D eigenvalue weighted by Crippen LogP contribution is -2.54. The smallest absolute Gasteiger partial charge is 0.408 e. The number of hydrogen-bond acceptors (Lipinski definition) is 5. The number of carbonyl (C=O) groups is 3. The molecule has 2 N–H and O–H groups in total. The second-order valence-corrected chi connectivity index (χ2v) is 11.1. The third-order valence-corrected chi connectivity index (χ3v) is 6.93. The van der Waals surface area contributed by atoms with E-state index in [4.69, 9.17) is 9.73 Å². The molecular weight excluding hydrogens is 480 g/mol. The summed E-state index contributed by atoms with van der Waals surface area (Å²) >= 11 is 0. The maximum atomic E-state index is 13.6.